The van der Waals surface area contributed by atoms with E-state index in [4.69, 9.17) is 4.74 Å². The Labute approximate surface area is 149 Å². The zero-order valence-electron chi connectivity index (χ0n) is 15.4. The third-order valence-corrected chi connectivity index (χ3v) is 7.97. The van der Waals surface area contributed by atoms with Crippen LogP contribution in [0.2, 0.25) is 0 Å². The van der Waals surface area contributed by atoms with Crippen molar-refractivity contribution in [3.8, 4) is 0 Å². The summed E-state index contributed by atoms with van der Waals surface area (Å²) in [5, 5.41) is 10.0. The van der Waals surface area contributed by atoms with E-state index in [9.17, 15) is 14.3 Å². The molecule has 4 heteroatoms. The molecule has 1 N–H and O–H groups in total. The number of aliphatic hydroxyl groups is 1. The molecular formula is C21H29FO3. The number of carbonyl (C=O) groups excluding carboxylic acids is 1. The summed E-state index contributed by atoms with van der Waals surface area (Å²) in [6, 6.07) is 0. The van der Waals surface area contributed by atoms with Gasteiger partial charge in [-0.05, 0) is 61.2 Å². The standard InChI is InChI=1S/C21H29FO3/c1-12(23)25-19-18(22)11-17-15-5-4-13-10-14(24)6-8-20(13,2)16(15)7-9-21(17,19)3/h6,8,13-17,24H,4-5,7,9-11H2,1-3H3/t13-,14+,15-,16+,17+,20+,21+/m1/s1. The first kappa shape index (κ1) is 17.3. The third-order valence-electron chi connectivity index (χ3n) is 7.97. The highest BCUT2D eigenvalue weighted by molar-refractivity contribution is 5.67. The molecule has 138 valence electrons. The summed E-state index contributed by atoms with van der Waals surface area (Å²) in [5.74, 6) is 1.39. The Kier molecular flexibility index (Phi) is 3.91. The van der Waals surface area contributed by atoms with E-state index in [0.717, 1.165) is 32.1 Å². The third kappa shape index (κ3) is 2.43. The highest BCUT2D eigenvalue weighted by Crippen LogP contribution is 2.66. The van der Waals surface area contributed by atoms with E-state index in [1.54, 1.807) is 0 Å². The summed E-state index contributed by atoms with van der Waals surface area (Å²) in [7, 11) is 0. The normalized spacial score (nSPS) is 48.6. The molecule has 4 aliphatic carbocycles. The number of carbonyl (C=O) groups is 1. The maximum Gasteiger partial charge on any atom is 0.307 e. The number of rotatable bonds is 1. The molecule has 4 aliphatic rings. The zero-order valence-corrected chi connectivity index (χ0v) is 15.4. The number of aliphatic hydroxyl groups excluding tert-OH is 1. The molecule has 0 aromatic carbocycles. The molecule has 25 heavy (non-hydrogen) atoms. The van der Waals surface area contributed by atoms with Crippen LogP contribution in [-0.2, 0) is 9.53 Å². The van der Waals surface area contributed by atoms with Gasteiger partial charge in [-0.15, -0.1) is 0 Å². The van der Waals surface area contributed by atoms with Crippen LogP contribution in [0.5, 0.6) is 0 Å². The Morgan fingerprint density at radius 3 is 2.76 bits per heavy atom. The van der Waals surface area contributed by atoms with E-state index in [1.165, 1.54) is 6.92 Å². The lowest BCUT2D eigenvalue weighted by molar-refractivity contribution is -0.141. The summed E-state index contributed by atoms with van der Waals surface area (Å²) in [5.41, 5.74) is -0.248. The molecule has 0 bridgehead atoms. The summed E-state index contributed by atoms with van der Waals surface area (Å²) < 4.78 is 20.0. The Bertz CT molecular complexity index is 654. The van der Waals surface area contributed by atoms with E-state index < -0.39 is 5.97 Å². The number of allylic oxidation sites excluding steroid dienone is 3. The van der Waals surface area contributed by atoms with Gasteiger partial charge in [0.2, 0.25) is 0 Å². The largest absolute Gasteiger partial charge is 0.428 e. The van der Waals surface area contributed by atoms with Crippen LogP contribution < -0.4 is 0 Å². The van der Waals surface area contributed by atoms with Gasteiger partial charge < -0.3 is 9.84 Å². The van der Waals surface area contributed by atoms with Crippen molar-refractivity contribution in [3.63, 3.8) is 0 Å². The van der Waals surface area contributed by atoms with Gasteiger partial charge in [0.1, 0.15) is 11.6 Å². The molecule has 3 nitrogen and oxygen atoms in total. The lowest BCUT2D eigenvalue weighted by Crippen LogP contribution is -2.52. The van der Waals surface area contributed by atoms with Crippen molar-refractivity contribution >= 4 is 5.97 Å². The summed E-state index contributed by atoms with van der Waals surface area (Å²) in [4.78, 5) is 11.5. The molecule has 2 saturated carbocycles. The first-order valence-corrected chi connectivity index (χ1v) is 9.70. The minimum atomic E-state index is -0.422. The van der Waals surface area contributed by atoms with Crippen LogP contribution in [0.15, 0.2) is 23.7 Å². The SMILES string of the molecule is CC(=O)OC1=C(F)C[C@H]2[C@@H]3CC[C@@H]4C[C@@H](O)C=C[C@]4(C)[C@H]3CC[C@]12C. The second-order valence-corrected chi connectivity index (χ2v) is 9.17. The van der Waals surface area contributed by atoms with Gasteiger partial charge in [0.05, 0.1) is 6.10 Å². The Balaban J connectivity index is 1.65. The van der Waals surface area contributed by atoms with Crippen LogP contribution in [0.1, 0.15) is 59.3 Å². The van der Waals surface area contributed by atoms with Gasteiger partial charge in [0, 0.05) is 18.8 Å². The lowest BCUT2D eigenvalue weighted by atomic mass is 9.46. The van der Waals surface area contributed by atoms with Gasteiger partial charge in [0.25, 0.3) is 0 Å². The average Bonchev–Trinajstić information content (AvgIpc) is 2.79. The second kappa shape index (κ2) is 5.67. The van der Waals surface area contributed by atoms with E-state index in [1.807, 2.05) is 6.08 Å². The smallest absolute Gasteiger partial charge is 0.307 e. The van der Waals surface area contributed by atoms with Gasteiger partial charge in [0.15, 0.2) is 0 Å². The first-order chi connectivity index (χ1) is 11.8. The molecule has 0 radical (unpaired) electrons. The molecule has 7 atom stereocenters. The van der Waals surface area contributed by atoms with Gasteiger partial charge in [-0.2, -0.15) is 0 Å². The van der Waals surface area contributed by atoms with Crippen molar-refractivity contribution in [3.05, 3.63) is 23.7 Å². The highest BCUT2D eigenvalue weighted by atomic mass is 19.1. The van der Waals surface area contributed by atoms with Crippen molar-refractivity contribution in [1.82, 2.24) is 0 Å². The van der Waals surface area contributed by atoms with Crippen molar-refractivity contribution in [2.24, 2.45) is 34.5 Å². The monoisotopic (exact) mass is 348 g/mol. The average molecular weight is 348 g/mol. The van der Waals surface area contributed by atoms with E-state index in [0.29, 0.717) is 29.9 Å². The topological polar surface area (TPSA) is 46.5 Å². The van der Waals surface area contributed by atoms with Gasteiger partial charge in [-0.25, -0.2) is 4.39 Å². The number of hydrogen-bond acceptors (Lipinski definition) is 3. The van der Waals surface area contributed by atoms with Crippen LogP contribution in [0, 0.1) is 34.5 Å². The van der Waals surface area contributed by atoms with Crippen molar-refractivity contribution in [2.75, 3.05) is 0 Å². The number of hydrogen-bond donors (Lipinski definition) is 1. The van der Waals surface area contributed by atoms with Gasteiger partial charge in [-0.3, -0.25) is 4.79 Å². The van der Waals surface area contributed by atoms with E-state index in [2.05, 4.69) is 19.9 Å². The van der Waals surface area contributed by atoms with Crippen molar-refractivity contribution in [1.29, 1.82) is 0 Å². The lowest BCUT2D eigenvalue weighted by Gasteiger charge is -2.58. The molecule has 0 aromatic rings. The molecule has 0 aromatic heterocycles. The minimum Gasteiger partial charge on any atom is -0.428 e. The molecule has 0 saturated heterocycles. The highest BCUT2D eigenvalue weighted by Gasteiger charge is 2.60. The summed E-state index contributed by atoms with van der Waals surface area (Å²) in [6.45, 7) is 5.78. The Morgan fingerprint density at radius 1 is 1.28 bits per heavy atom. The Morgan fingerprint density at radius 2 is 2.04 bits per heavy atom. The molecule has 0 spiro atoms. The van der Waals surface area contributed by atoms with Gasteiger partial charge >= 0.3 is 5.97 Å². The maximum absolute atomic E-state index is 14.7. The summed E-state index contributed by atoms with van der Waals surface area (Å²) in [6.07, 6.45) is 9.24. The van der Waals surface area contributed by atoms with E-state index >= 15 is 0 Å². The molecule has 0 amide bonds. The first-order valence-electron chi connectivity index (χ1n) is 9.70. The predicted octanol–water partition coefficient (Wildman–Crippen LogP) is 4.52. The molecule has 2 fully saturated rings. The quantitative estimate of drug-likeness (QED) is 0.560. The van der Waals surface area contributed by atoms with Crippen molar-refractivity contribution < 1.29 is 19.0 Å². The predicted molar refractivity (Wildman–Crippen MR) is 92.9 cm³/mol. The fourth-order valence-corrected chi connectivity index (χ4v) is 6.68. The van der Waals surface area contributed by atoms with Crippen LogP contribution in [0.25, 0.3) is 0 Å². The molecule has 0 aliphatic heterocycles. The van der Waals surface area contributed by atoms with E-state index in [-0.39, 0.29) is 28.7 Å². The van der Waals surface area contributed by atoms with Crippen LogP contribution in [0.4, 0.5) is 4.39 Å². The number of halogens is 1. The molecule has 4 rings (SSSR count). The second-order valence-electron chi connectivity index (χ2n) is 9.17. The molecule has 0 unspecified atom stereocenters. The molecular weight excluding hydrogens is 319 g/mol. The van der Waals surface area contributed by atoms with Crippen LogP contribution in [0.3, 0.4) is 0 Å². The minimum absolute atomic E-state index is 0.101. The number of fused-ring (bicyclic) bond motifs is 5. The summed E-state index contributed by atoms with van der Waals surface area (Å²) >= 11 is 0. The number of ether oxygens (including phenoxy) is 1. The van der Waals surface area contributed by atoms with Crippen LogP contribution >= 0.6 is 0 Å². The zero-order chi connectivity index (χ0) is 18.0. The maximum atomic E-state index is 14.7. The fraction of sp³-hybridized carbons (Fsp3) is 0.762. The Hall–Kier alpha value is -1.16. The van der Waals surface area contributed by atoms with Crippen LogP contribution in [-0.4, -0.2) is 17.2 Å². The fourth-order valence-electron chi connectivity index (χ4n) is 6.68. The number of esters is 1. The van der Waals surface area contributed by atoms with Gasteiger partial charge in [-0.1, -0.05) is 26.0 Å². The molecule has 0 heterocycles. The van der Waals surface area contributed by atoms with Crippen molar-refractivity contribution in [2.45, 2.75) is 65.4 Å².